The van der Waals surface area contributed by atoms with E-state index in [0.29, 0.717) is 12.0 Å². The molecule has 0 spiro atoms. The minimum atomic E-state index is 0.244. The van der Waals surface area contributed by atoms with Crippen LogP contribution in [0.15, 0.2) is 18.2 Å². The van der Waals surface area contributed by atoms with E-state index in [-0.39, 0.29) is 6.10 Å². The van der Waals surface area contributed by atoms with Crippen molar-refractivity contribution in [3.05, 3.63) is 23.8 Å². The Hall–Kier alpha value is -1.26. The number of rotatable bonds is 3. The number of hydrogen-bond acceptors (Lipinski definition) is 4. The Bertz CT molecular complexity index is 457. The Morgan fingerprint density at radius 3 is 2.95 bits per heavy atom. The Balaban J connectivity index is 1.82. The van der Waals surface area contributed by atoms with Gasteiger partial charge in [0, 0.05) is 30.6 Å². The van der Waals surface area contributed by atoms with Crippen LogP contribution in [0.3, 0.4) is 0 Å². The Morgan fingerprint density at radius 1 is 1.35 bits per heavy atom. The quantitative estimate of drug-likeness (QED) is 0.921. The van der Waals surface area contributed by atoms with Crippen LogP contribution in [0.4, 0.5) is 0 Å². The molecule has 0 aromatic heterocycles. The summed E-state index contributed by atoms with van der Waals surface area (Å²) in [5, 5.41) is 3.40. The second-order valence-corrected chi connectivity index (χ2v) is 5.61. The van der Waals surface area contributed by atoms with Crippen molar-refractivity contribution in [1.82, 2.24) is 5.32 Å². The maximum absolute atomic E-state index is 6.23. The van der Waals surface area contributed by atoms with E-state index in [4.69, 9.17) is 14.2 Å². The fourth-order valence-corrected chi connectivity index (χ4v) is 3.22. The molecule has 4 nitrogen and oxygen atoms in total. The van der Waals surface area contributed by atoms with Gasteiger partial charge in [-0.25, -0.2) is 0 Å². The van der Waals surface area contributed by atoms with E-state index in [2.05, 4.69) is 11.4 Å². The summed E-state index contributed by atoms with van der Waals surface area (Å²) in [5.41, 5.74) is 1.19. The Labute approximate surface area is 120 Å². The summed E-state index contributed by atoms with van der Waals surface area (Å²) < 4.78 is 17.1. The predicted octanol–water partition coefficient (Wildman–Crippen LogP) is 2.53. The topological polar surface area (TPSA) is 39.7 Å². The monoisotopic (exact) mass is 277 g/mol. The molecular formula is C16H23NO3. The van der Waals surface area contributed by atoms with E-state index >= 15 is 0 Å². The van der Waals surface area contributed by atoms with Crippen LogP contribution < -0.4 is 14.8 Å². The zero-order valence-corrected chi connectivity index (χ0v) is 12.2. The molecule has 0 radical (unpaired) electrons. The molecule has 0 amide bonds. The second kappa shape index (κ2) is 6.02. The molecule has 3 atom stereocenters. The highest BCUT2D eigenvalue weighted by molar-refractivity contribution is 5.43. The molecule has 1 aromatic rings. The van der Waals surface area contributed by atoms with Gasteiger partial charge in [0.2, 0.25) is 0 Å². The molecule has 1 N–H and O–H groups in total. The van der Waals surface area contributed by atoms with Gasteiger partial charge in [-0.3, -0.25) is 0 Å². The summed E-state index contributed by atoms with van der Waals surface area (Å²) >= 11 is 0. The van der Waals surface area contributed by atoms with Crippen LogP contribution in [-0.2, 0) is 4.74 Å². The highest BCUT2D eigenvalue weighted by Crippen LogP contribution is 2.39. The highest BCUT2D eigenvalue weighted by Gasteiger charge is 2.34. The number of fused-ring (bicyclic) bond motifs is 1. The van der Waals surface area contributed by atoms with Gasteiger partial charge in [-0.05, 0) is 38.1 Å². The summed E-state index contributed by atoms with van der Waals surface area (Å²) in [6.45, 7) is 1.72. The standard InChI is InChI=1S/C16H23NO3/c1-17-14-9-16(11-4-3-7-19-10-11)20-15-6-5-12(18-2)8-13(14)15/h5-6,8,11,14,16-17H,3-4,7,9-10H2,1-2H3. The number of nitrogens with one attached hydrogen (secondary N) is 1. The SMILES string of the molecule is CNC1CC(C2CCCOC2)Oc2ccc(OC)cc21. The molecular weight excluding hydrogens is 254 g/mol. The van der Waals surface area contributed by atoms with E-state index in [9.17, 15) is 0 Å². The first-order valence-corrected chi connectivity index (χ1v) is 7.41. The average Bonchev–Trinajstić information content (AvgIpc) is 2.54. The molecule has 20 heavy (non-hydrogen) atoms. The lowest BCUT2D eigenvalue weighted by atomic mass is 9.87. The van der Waals surface area contributed by atoms with Crippen LogP contribution in [0.5, 0.6) is 11.5 Å². The van der Waals surface area contributed by atoms with Crippen molar-refractivity contribution in [3.63, 3.8) is 0 Å². The van der Waals surface area contributed by atoms with Crippen LogP contribution in [-0.4, -0.2) is 33.5 Å². The third-order valence-electron chi connectivity index (χ3n) is 4.41. The van der Waals surface area contributed by atoms with Crippen molar-refractivity contribution >= 4 is 0 Å². The summed E-state index contributed by atoms with van der Waals surface area (Å²) in [4.78, 5) is 0. The van der Waals surface area contributed by atoms with Crippen molar-refractivity contribution < 1.29 is 14.2 Å². The van der Waals surface area contributed by atoms with Gasteiger partial charge in [0.25, 0.3) is 0 Å². The molecule has 3 unspecified atom stereocenters. The van der Waals surface area contributed by atoms with E-state index in [1.807, 2.05) is 19.2 Å². The van der Waals surface area contributed by atoms with E-state index in [0.717, 1.165) is 37.6 Å². The fraction of sp³-hybridized carbons (Fsp3) is 0.625. The largest absolute Gasteiger partial charge is 0.497 e. The lowest BCUT2D eigenvalue weighted by molar-refractivity contribution is -0.0107. The van der Waals surface area contributed by atoms with Gasteiger partial charge >= 0.3 is 0 Å². The number of benzene rings is 1. The molecule has 3 rings (SSSR count). The van der Waals surface area contributed by atoms with Crippen molar-refractivity contribution in [3.8, 4) is 11.5 Å². The molecule has 110 valence electrons. The molecule has 1 fully saturated rings. The summed E-state index contributed by atoms with van der Waals surface area (Å²) in [6, 6.07) is 6.38. The van der Waals surface area contributed by atoms with Crippen LogP contribution in [0.2, 0.25) is 0 Å². The van der Waals surface area contributed by atoms with Crippen molar-refractivity contribution in [2.24, 2.45) is 5.92 Å². The lowest BCUT2D eigenvalue weighted by Gasteiger charge is -2.37. The van der Waals surface area contributed by atoms with Crippen molar-refractivity contribution in [2.75, 3.05) is 27.4 Å². The molecule has 2 aliphatic heterocycles. The van der Waals surface area contributed by atoms with Crippen LogP contribution >= 0.6 is 0 Å². The summed E-state index contributed by atoms with van der Waals surface area (Å²) in [7, 11) is 3.70. The molecule has 0 saturated carbocycles. The Morgan fingerprint density at radius 2 is 2.25 bits per heavy atom. The molecule has 0 bridgehead atoms. The first-order chi connectivity index (χ1) is 9.81. The van der Waals surface area contributed by atoms with E-state index in [1.165, 1.54) is 12.0 Å². The molecule has 4 heteroatoms. The minimum absolute atomic E-state index is 0.244. The van der Waals surface area contributed by atoms with Crippen LogP contribution in [0.25, 0.3) is 0 Å². The first kappa shape index (κ1) is 13.7. The molecule has 0 aliphatic carbocycles. The second-order valence-electron chi connectivity index (χ2n) is 5.61. The van der Waals surface area contributed by atoms with Crippen LogP contribution in [0.1, 0.15) is 30.9 Å². The van der Waals surface area contributed by atoms with Gasteiger partial charge < -0.3 is 19.5 Å². The van der Waals surface area contributed by atoms with Crippen molar-refractivity contribution in [2.45, 2.75) is 31.4 Å². The zero-order chi connectivity index (χ0) is 13.9. The van der Waals surface area contributed by atoms with Gasteiger partial charge in [-0.2, -0.15) is 0 Å². The normalized spacial score (nSPS) is 29.4. The smallest absolute Gasteiger partial charge is 0.124 e. The number of ether oxygens (including phenoxy) is 3. The maximum atomic E-state index is 6.23. The molecule has 1 saturated heterocycles. The third kappa shape index (κ3) is 2.63. The zero-order valence-electron chi connectivity index (χ0n) is 12.2. The predicted molar refractivity (Wildman–Crippen MR) is 77.4 cm³/mol. The van der Waals surface area contributed by atoms with Crippen molar-refractivity contribution in [1.29, 1.82) is 0 Å². The first-order valence-electron chi connectivity index (χ1n) is 7.41. The number of methoxy groups -OCH3 is 1. The lowest BCUT2D eigenvalue weighted by Crippen LogP contribution is -2.39. The van der Waals surface area contributed by atoms with Gasteiger partial charge in [-0.15, -0.1) is 0 Å². The van der Waals surface area contributed by atoms with Gasteiger partial charge in [0.15, 0.2) is 0 Å². The van der Waals surface area contributed by atoms with E-state index in [1.54, 1.807) is 7.11 Å². The van der Waals surface area contributed by atoms with Gasteiger partial charge in [-0.1, -0.05) is 0 Å². The summed E-state index contributed by atoms with van der Waals surface area (Å²) in [6.07, 6.45) is 3.58. The average molecular weight is 277 g/mol. The van der Waals surface area contributed by atoms with Crippen LogP contribution in [0, 0.1) is 5.92 Å². The molecule has 2 heterocycles. The number of hydrogen-bond donors (Lipinski definition) is 1. The molecule has 2 aliphatic rings. The fourth-order valence-electron chi connectivity index (χ4n) is 3.22. The third-order valence-corrected chi connectivity index (χ3v) is 4.41. The Kier molecular flexibility index (Phi) is 4.13. The maximum Gasteiger partial charge on any atom is 0.124 e. The molecule has 1 aromatic carbocycles. The minimum Gasteiger partial charge on any atom is -0.497 e. The summed E-state index contributed by atoms with van der Waals surface area (Å²) in [5.74, 6) is 2.37. The van der Waals surface area contributed by atoms with Gasteiger partial charge in [0.05, 0.1) is 13.7 Å². The van der Waals surface area contributed by atoms with Gasteiger partial charge in [0.1, 0.15) is 17.6 Å². The van der Waals surface area contributed by atoms with E-state index < -0.39 is 0 Å². The highest BCUT2D eigenvalue weighted by atomic mass is 16.5.